The van der Waals surface area contributed by atoms with Crippen molar-refractivity contribution in [1.29, 1.82) is 0 Å². The first-order valence-electron chi connectivity index (χ1n) is 8.19. The SMILES string of the molecule is CCO/N=C\Cc1ccc(OCCNc2ncnc(C)c2Cl)c(C)c1. The molecule has 0 aliphatic rings. The van der Waals surface area contributed by atoms with Crippen LogP contribution in [0, 0.1) is 13.8 Å². The number of hydrogen-bond acceptors (Lipinski definition) is 6. The fourth-order valence-electron chi connectivity index (χ4n) is 2.18. The number of aryl methyl sites for hydroxylation is 2. The summed E-state index contributed by atoms with van der Waals surface area (Å²) in [5, 5.41) is 7.55. The molecule has 7 heteroatoms. The minimum Gasteiger partial charge on any atom is -0.491 e. The van der Waals surface area contributed by atoms with Gasteiger partial charge in [0.1, 0.15) is 36.1 Å². The van der Waals surface area contributed by atoms with Crippen LogP contribution in [0.3, 0.4) is 0 Å². The van der Waals surface area contributed by atoms with E-state index in [0.717, 1.165) is 29.0 Å². The summed E-state index contributed by atoms with van der Waals surface area (Å²) in [6, 6.07) is 6.09. The average Bonchev–Trinajstić information content (AvgIpc) is 2.60. The van der Waals surface area contributed by atoms with Crippen LogP contribution in [0.5, 0.6) is 5.75 Å². The summed E-state index contributed by atoms with van der Waals surface area (Å²) in [7, 11) is 0. The number of nitrogens with one attached hydrogen (secondary N) is 1. The molecule has 1 heterocycles. The average molecular weight is 363 g/mol. The molecular formula is C18H23ClN4O2. The van der Waals surface area contributed by atoms with Gasteiger partial charge in [0.15, 0.2) is 0 Å². The van der Waals surface area contributed by atoms with Gasteiger partial charge in [0, 0.05) is 12.6 Å². The summed E-state index contributed by atoms with van der Waals surface area (Å²) in [5.41, 5.74) is 2.99. The van der Waals surface area contributed by atoms with Gasteiger partial charge < -0.3 is 14.9 Å². The molecule has 1 N–H and O–H groups in total. The van der Waals surface area contributed by atoms with Gasteiger partial charge in [-0.3, -0.25) is 0 Å². The monoisotopic (exact) mass is 362 g/mol. The van der Waals surface area contributed by atoms with E-state index in [1.165, 1.54) is 6.33 Å². The molecule has 6 nitrogen and oxygen atoms in total. The van der Waals surface area contributed by atoms with E-state index in [2.05, 4.69) is 26.5 Å². The highest BCUT2D eigenvalue weighted by molar-refractivity contribution is 6.33. The van der Waals surface area contributed by atoms with E-state index in [-0.39, 0.29) is 0 Å². The Morgan fingerprint density at radius 1 is 1.28 bits per heavy atom. The molecule has 0 bridgehead atoms. The van der Waals surface area contributed by atoms with Gasteiger partial charge >= 0.3 is 0 Å². The van der Waals surface area contributed by atoms with Crippen LogP contribution in [0.25, 0.3) is 0 Å². The maximum absolute atomic E-state index is 6.15. The molecule has 0 fully saturated rings. The fraction of sp³-hybridized carbons (Fsp3) is 0.389. The van der Waals surface area contributed by atoms with Gasteiger partial charge in [-0.15, -0.1) is 0 Å². The molecule has 0 unspecified atom stereocenters. The number of hydrogen-bond donors (Lipinski definition) is 1. The minimum absolute atomic E-state index is 0.505. The van der Waals surface area contributed by atoms with Crippen molar-refractivity contribution in [2.24, 2.45) is 5.16 Å². The summed E-state index contributed by atoms with van der Waals surface area (Å²) < 4.78 is 5.82. The maximum atomic E-state index is 6.15. The predicted molar refractivity (Wildman–Crippen MR) is 101 cm³/mol. The molecule has 0 atom stereocenters. The number of rotatable bonds is 9. The molecule has 0 spiro atoms. The Hall–Kier alpha value is -2.34. The molecule has 25 heavy (non-hydrogen) atoms. The number of nitrogens with zero attached hydrogens (tertiary/aromatic N) is 3. The Bertz CT molecular complexity index is 722. The van der Waals surface area contributed by atoms with Crippen LogP contribution in [0.2, 0.25) is 5.02 Å². The van der Waals surface area contributed by atoms with Crippen molar-refractivity contribution in [3.05, 3.63) is 46.4 Å². The number of oxime groups is 1. The van der Waals surface area contributed by atoms with Crippen LogP contribution in [-0.4, -0.2) is 35.9 Å². The summed E-state index contributed by atoms with van der Waals surface area (Å²) in [5.74, 6) is 1.48. The van der Waals surface area contributed by atoms with Crippen LogP contribution in [-0.2, 0) is 11.3 Å². The van der Waals surface area contributed by atoms with Crippen LogP contribution < -0.4 is 10.1 Å². The van der Waals surface area contributed by atoms with Crippen molar-refractivity contribution >= 4 is 23.6 Å². The zero-order chi connectivity index (χ0) is 18.1. The summed E-state index contributed by atoms with van der Waals surface area (Å²) >= 11 is 6.15. The van der Waals surface area contributed by atoms with E-state index in [4.69, 9.17) is 21.2 Å². The first-order chi connectivity index (χ1) is 12.1. The standard InChI is InChI=1S/C18H23ClN4O2/c1-4-25-23-8-7-15-5-6-16(13(2)11-15)24-10-9-20-18-17(19)14(3)21-12-22-18/h5-6,8,11-12H,4,7,9-10H2,1-3H3,(H,20,21,22)/b23-8-. The molecule has 134 valence electrons. The van der Waals surface area contributed by atoms with Crippen molar-refractivity contribution in [2.75, 3.05) is 25.1 Å². The second-order valence-corrected chi connectivity index (χ2v) is 5.78. The topological polar surface area (TPSA) is 68.6 Å². The molecule has 2 aromatic rings. The first-order valence-corrected chi connectivity index (χ1v) is 8.56. The van der Waals surface area contributed by atoms with Crippen LogP contribution >= 0.6 is 11.6 Å². The Morgan fingerprint density at radius 3 is 2.88 bits per heavy atom. The van der Waals surface area contributed by atoms with E-state index in [1.807, 2.05) is 32.9 Å². The highest BCUT2D eigenvalue weighted by Gasteiger charge is 2.05. The zero-order valence-electron chi connectivity index (χ0n) is 14.8. The van der Waals surface area contributed by atoms with E-state index >= 15 is 0 Å². The Morgan fingerprint density at radius 2 is 2.12 bits per heavy atom. The third-order valence-electron chi connectivity index (χ3n) is 3.46. The van der Waals surface area contributed by atoms with Crippen molar-refractivity contribution in [2.45, 2.75) is 27.2 Å². The number of ether oxygens (including phenoxy) is 1. The van der Waals surface area contributed by atoms with Gasteiger partial charge in [-0.05, 0) is 38.0 Å². The smallest absolute Gasteiger partial charge is 0.148 e. The second-order valence-electron chi connectivity index (χ2n) is 5.41. The molecule has 1 aromatic heterocycles. The minimum atomic E-state index is 0.505. The number of anilines is 1. The van der Waals surface area contributed by atoms with Gasteiger partial charge in [-0.2, -0.15) is 0 Å². The molecule has 2 rings (SSSR count). The molecule has 0 aliphatic carbocycles. The van der Waals surface area contributed by atoms with Crippen molar-refractivity contribution in [3.63, 3.8) is 0 Å². The van der Waals surface area contributed by atoms with Gasteiger partial charge in [0.05, 0.1) is 12.2 Å². The molecule has 0 radical (unpaired) electrons. The third-order valence-corrected chi connectivity index (χ3v) is 3.91. The molecule has 1 aromatic carbocycles. The number of halogens is 1. The van der Waals surface area contributed by atoms with E-state index in [9.17, 15) is 0 Å². The normalized spacial score (nSPS) is 10.9. The quantitative estimate of drug-likeness (QED) is 0.417. The Kier molecular flexibility index (Phi) is 7.47. The Balaban J connectivity index is 1.81. The van der Waals surface area contributed by atoms with Gasteiger partial charge in [0.2, 0.25) is 0 Å². The van der Waals surface area contributed by atoms with Crippen molar-refractivity contribution < 1.29 is 9.57 Å². The molecule has 0 aliphatic heterocycles. The van der Waals surface area contributed by atoms with Gasteiger partial charge in [-0.1, -0.05) is 28.9 Å². The summed E-state index contributed by atoms with van der Waals surface area (Å²) in [4.78, 5) is 13.1. The lowest BCUT2D eigenvalue weighted by atomic mass is 10.1. The van der Waals surface area contributed by atoms with Crippen molar-refractivity contribution in [3.8, 4) is 5.75 Å². The maximum Gasteiger partial charge on any atom is 0.148 e. The van der Waals surface area contributed by atoms with E-state index in [0.29, 0.717) is 30.6 Å². The molecule has 0 amide bonds. The van der Waals surface area contributed by atoms with Crippen LogP contribution in [0.4, 0.5) is 5.82 Å². The lowest BCUT2D eigenvalue weighted by Crippen LogP contribution is -2.13. The largest absolute Gasteiger partial charge is 0.491 e. The number of aromatic nitrogens is 2. The molecule has 0 saturated heterocycles. The Labute approximate surface area is 153 Å². The molecule has 0 saturated carbocycles. The van der Waals surface area contributed by atoms with Crippen LogP contribution in [0.15, 0.2) is 29.7 Å². The van der Waals surface area contributed by atoms with Gasteiger partial charge in [-0.25, -0.2) is 9.97 Å². The van der Waals surface area contributed by atoms with Crippen molar-refractivity contribution in [1.82, 2.24) is 9.97 Å². The van der Waals surface area contributed by atoms with Gasteiger partial charge in [0.25, 0.3) is 0 Å². The fourth-order valence-corrected chi connectivity index (χ4v) is 2.35. The lowest BCUT2D eigenvalue weighted by Gasteiger charge is -2.12. The predicted octanol–water partition coefficient (Wildman–Crippen LogP) is 3.80. The van der Waals surface area contributed by atoms with E-state index in [1.54, 1.807) is 6.21 Å². The third kappa shape index (κ3) is 5.90. The summed E-state index contributed by atoms with van der Waals surface area (Å²) in [6.45, 7) is 7.45. The highest BCUT2D eigenvalue weighted by atomic mass is 35.5. The van der Waals surface area contributed by atoms with E-state index < -0.39 is 0 Å². The second kappa shape index (κ2) is 9.84. The van der Waals surface area contributed by atoms with Crippen LogP contribution in [0.1, 0.15) is 23.7 Å². The number of benzene rings is 1. The molecular weight excluding hydrogens is 340 g/mol. The zero-order valence-corrected chi connectivity index (χ0v) is 15.5. The summed E-state index contributed by atoms with van der Waals surface area (Å²) in [6.07, 6.45) is 3.98. The lowest BCUT2D eigenvalue weighted by molar-refractivity contribution is 0.160. The first kappa shape index (κ1) is 19.0. The highest BCUT2D eigenvalue weighted by Crippen LogP contribution is 2.21.